The molecule has 23 heavy (non-hydrogen) atoms. The standard InChI is InChI=1S/C17H12FNO2S2/c1-21-14-8-6-13(7-9-14)19-16(20)15(23-17(19)22)10-11-2-4-12(18)5-3-11/h2-10H,1H3. The van der Waals surface area contributed by atoms with Crippen molar-refractivity contribution in [3.8, 4) is 5.75 Å². The fourth-order valence-corrected chi connectivity index (χ4v) is 3.43. The summed E-state index contributed by atoms with van der Waals surface area (Å²) in [5, 5.41) is 0. The van der Waals surface area contributed by atoms with E-state index in [9.17, 15) is 9.18 Å². The molecule has 0 atom stereocenters. The molecule has 116 valence electrons. The molecule has 0 aliphatic carbocycles. The summed E-state index contributed by atoms with van der Waals surface area (Å²) in [6.45, 7) is 0. The number of methoxy groups -OCH3 is 1. The van der Waals surface area contributed by atoms with Crippen LogP contribution < -0.4 is 9.64 Å². The zero-order valence-electron chi connectivity index (χ0n) is 12.2. The number of ether oxygens (including phenoxy) is 1. The smallest absolute Gasteiger partial charge is 0.270 e. The molecule has 0 spiro atoms. The molecule has 3 nitrogen and oxygen atoms in total. The lowest BCUT2D eigenvalue weighted by Gasteiger charge is -2.14. The number of thiocarbonyl (C=S) groups is 1. The fourth-order valence-electron chi connectivity index (χ4n) is 2.13. The van der Waals surface area contributed by atoms with Gasteiger partial charge >= 0.3 is 0 Å². The normalized spacial score (nSPS) is 16.3. The van der Waals surface area contributed by atoms with Gasteiger partial charge in [-0.25, -0.2) is 4.39 Å². The Balaban J connectivity index is 1.88. The Morgan fingerprint density at radius 2 is 1.78 bits per heavy atom. The van der Waals surface area contributed by atoms with E-state index in [2.05, 4.69) is 0 Å². The lowest BCUT2D eigenvalue weighted by molar-refractivity contribution is -0.113. The van der Waals surface area contributed by atoms with Crippen molar-refractivity contribution in [2.24, 2.45) is 0 Å². The second-order valence-electron chi connectivity index (χ2n) is 4.77. The van der Waals surface area contributed by atoms with Gasteiger partial charge in [0.25, 0.3) is 5.91 Å². The van der Waals surface area contributed by atoms with E-state index < -0.39 is 0 Å². The zero-order chi connectivity index (χ0) is 16.4. The lowest BCUT2D eigenvalue weighted by atomic mass is 10.2. The monoisotopic (exact) mass is 345 g/mol. The number of amides is 1. The van der Waals surface area contributed by atoms with E-state index in [0.717, 1.165) is 5.56 Å². The summed E-state index contributed by atoms with van der Waals surface area (Å²) in [4.78, 5) is 14.6. The highest BCUT2D eigenvalue weighted by Crippen LogP contribution is 2.36. The van der Waals surface area contributed by atoms with Gasteiger partial charge in [0.1, 0.15) is 11.6 Å². The second kappa shape index (κ2) is 6.52. The van der Waals surface area contributed by atoms with E-state index in [1.165, 1.54) is 28.8 Å². The Morgan fingerprint density at radius 1 is 1.13 bits per heavy atom. The minimum Gasteiger partial charge on any atom is -0.497 e. The molecule has 1 saturated heterocycles. The van der Waals surface area contributed by atoms with Crippen LogP contribution in [0.1, 0.15) is 5.56 Å². The molecule has 1 fully saturated rings. The summed E-state index contributed by atoms with van der Waals surface area (Å²) in [6.07, 6.45) is 1.71. The number of rotatable bonds is 3. The lowest BCUT2D eigenvalue weighted by Crippen LogP contribution is -2.27. The molecule has 0 bridgehead atoms. The Hall–Kier alpha value is -2.18. The summed E-state index contributed by atoms with van der Waals surface area (Å²) in [6, 6.07) is 13.1. The highest BCUT2D eigenvalue weighted by Gasteiger charge is 2.33. The zero-order valence-corrected chi connectivity index (χ0v) is 13.8. The number of thioether (sulfide) groups is 1. The average molecular weight is 345 g/mol. The van der Waals surface area contributed by atoms with E-state index in [1.54, 1.807) is 49.6 Å². The predicted octanol–water partition coefficient (Wildman–Crippen LogP) is 4.24. The Kier molecular flexibility index (Phi) is 4.45. The Bertz CT molecular complexity index is 785. The van der Waals surface area contributed by atoms with Crippen LogP contribution in [0, 0.1) is 5.82 Å². The Labute approximate surface area is 142 Å². The van der Waals surface area contributed by atoms with Crippen LogP contribution in [0.3, 0.4) is 0 Å². The van der Waals surface area contributed by atoms with Crippen molar-refractivity contribution in [3.05, 3.63) is 64.8 Å². The first kappa shape index (κ1) is 15.7. The molecular weight excluding hydrogens is 333 g/mol. The number of halogens is 1. The van der Waals surface area contributed by atoms with E-state index >= 15 is 0 Å². The topological polar surface area (TPSA) is 29.5 Å². The van der Waals surface area contributed by atoms with Gasteiger partial charge in [-0.1, -0.05) is 36.1 Å². The van der Waals surface area contributed by atoms with Crippen LogP contribution >= 0.6 is 24.0 Å². The first-order valence-corrected chi connectivity index (χ1v) is 7.98. The number of nitrogens with zero attached hydrogens (tertiary/aromatic N) is 1. The molecule has 2 aromatic rings. The van der Waals surface area contributed by atoms with Gasteiger partial charge in [-0.3, -0.25) is 9.69 Å². The molecule has 0 aromatic heterocycles. The summed E-state index contributed by atoms with van der Waals surface area (Å²) >= 11 is 6.54. The Morgan fingerprint density at radius 3 is 2.39 bits per heavy atom. The molecule has 1 heterocycles. The largest absolute Gasteiger partial charge is 0.497 e. The summed E-state index contributed by atoms with van der Waals surface area (Å²) in [5.41, 5.74) is 1.44. The average Bonchev–Trinajstić information content (AvgIpc) is 2.84. The van der Waals surface area contributed by atoms with Gasteiger partial charge in [-0.15, -0.1) is 0 Å². The van der Waals surface area contributed by atoms with Crippen LogP contribution in [0.2, 0.25) is 0 Å². The van der Waals surface area contributed by atoms with Gasteiger partial charge in [0, 0.05) is 0 Å². The third kappa shape index (κ3) is 3.28. The molecule has 3 rings (SSSR count). The molecule has 6 heteroatoms. The van der Waals surface area contributed by atoms with Crippen molar-refractivity contribution in [2.75, 3.05) is 12.0 Å². The molecule has 2 aromatic carbocycles. The van der Waals surface area contributed by atoms with Crippen molar-refractivity contribution in [1.82, 2.24) is 0 Å². The van der Waals surface area contributed by atoms with Crippen LogP contribution in [0.25, 0.3) is 6.08 Å². The third-order valence-corrected chi connectivity index (χ3v) is 4.59. The molecule has 1 aliphatic heterocycles. The first-order valence-electron chi connectivity index (χ1n) is 6.76. The van der Waals surface area contributed by atoms with Crippen LogP contribution in [0.5, 0.6) is 5.75 Å². The summed E-state index contributed by atoms with van der Waals surface area (Å²) in [7, 11) is 1.58. The minimum atomic E-state index is -0.312. The number of hydrogen-bond donors (Lipinski definition) is 0. The summed E-state index contributed by atoms with van der Waals surface area (Å²) < 4.78 is 18.5. The molecule has 0 saturated carbocycles. The van der Waals surface area contributed by atoms with Crippen molar-refractivity contribution >= 4 is 46.0 Å². The molecule has 1 amide bonds. The molecule has 1 aliphatic rings. The van der Waals surface area contributed by atoms with Crippen molar-refractivity contribution in [1.29, 1.82) is 0 Å². The fraction of sp³-hybridized carbons (Fsp3) is 0.0588. The second-order valence-corrected chi connectivity index (χ2v) is 6.44. The van der Waals surface area contributed by atoms with Gasteiger partial charge in [-0.2, -0.15) is 0 Å². The van der Waals surface area contributed by atoms with E-state index in [0.29, 0.717) is 20.7 Å². The van der Waals surface area contributed by atoms with Crippen molar-refractivity contribution < 1.29 is 13.9 Å². The number of hydrogen-bond acceptors (Lipinski definition) is 4. The van der Waals surface area contributed by atoms with Crippen LogP contribution in [0.4, 0.5) is 10.1 Å². The van der Waals surface area contributed by atoms with E-state index in [-0.39, 0.29) is 11.7 Å². The number of carbonyl (C=O) groups excluding carboxylic acids is 1. The predicted molar refractivity (Wildman–Crippen MR) is 95.0 cm³/mol. The van der Waals surface area contributed by atoms with Gasteiger partial charge in [0.2, 0.25) is 0 Å². The maximum atomic E-state index is 13.0. The van der Waals surface area contributed by atoms with E-state index in [1.807, 2.05) is 0 Å². The van der Waals surface area contributed by atoms with Gasteiger partial charge in [0.15, 0.2) is 4.32 Å². The van der Waals surface area contributed by atoms with Crippen LogP contribution in [-0.2, 0) is 4.79 Å². The third-order valence-electron chi connectivity index (χ3n) is 3.29. The molecular formula is C17H12FNO2S2. The number of benzene rings is 2. The number of carbonyl (C=O) groups is 1. The quantitative estimate of drug-likeness (QED) is 0.615. The molecule has 0 N–H and O–H groups in total. The van der Waals surface area contributed by atoms with Gasteiger partial charge in [0.05, 0.1) is 17.7 Å². The maximum Gasteiger partial charge on any atom is 0.270 e. The maximum absolute atomic E-state index is 13.0. The van der Waals surface area contributed by atoms with Crippen molar-refractivity contribution in [3.63, 3.8) is 0 Å². The van der Waals surface area contributed by atoms with Crippen LogP contribution in [0.15, 0.2) is 53.4 Å². The highest BCUT2D eigenvalue weighted by molar-refractivity contribution is 8.27. The van der Waals surface area contributed by atoms with Gasteiger partial charge < -0.3 is 4.74 Å². The SMILES string of the molecule is COc1ccc(N2C(=O)C(=Cc3ccc(F)cc3)SC2=S)cc1. The van der Waals surface area contributed by atoms with Crippen LogP contribution in [-0.4, -0.2) is 17.3 Å². The number of anilines is 1. The van der Waals surface area contributed by atoms with Crippen molar-refractivity contribution in [2.45, 2.75) is 0 Å². The summed E-state index contributed by atoms with van der Waals surface area (Å²) in [5.74, 6) is 0.212. The molecule has 0 radical (unpaired) electrons. The molecule has 0 unspecified atom stereocenters. The van der Waals surface area contributed by atoms with Gasteiger partial charge in [-0.05, 0) is 48.0 Å². The highest BCUT2D eigenvalue weighted by atomic mass is 32.2. The first-order chi connectivity index (χ1) is 11.1. The van der Waals surface area contributed by atoms with E-state index in [4.69, 9.17) is 17.0 Å². The minimum absolute atomic E-state index is 0.186.